The minimum Gasteiger partial charge on any atom is -0.461 e. The standard InChI is InChI=1S/C25H19N3O3S/c1-2-31-25(30)23-19-12-9-16(13-20(19)27-28-23)15-7-10-18(11-8-15)26-24(29)22-14-17-5-3-4-6-21(17)32-22/h3-14H,2H2,1H3,(H,26,29)(H,27,28). The van der Waals surface area contributed by atoms with E-state index in [9.17, 15) is 9.59 Å². The quantitative estimate of drug-likeness (QED) is 0.334. The van der Waals surface area contributed by atoms with Crippen LogP contribution in [0.25, 0.3) is 32.1 Å². The molecule has 3 aromatic carbocycles. The first-order valence-electron chi connectivity index (χ1n) is 10.2. The fourth-order valence-electron chi connectivity index (χ4n) is 3.59. The lowest BCUT2D eigenvalue weighted by Crippen LogP contribution is -2.09. The number of fused-ring (bicyclic) bond motifs is 2. The highest BCUT2D eigenvalue weighted by Gasteiger charge is 2.16. The molecule has 0 radical (unpaired) electrons. The molecule has 0 aliphatic heterocycles. The van der Waals surface area contributed by atoms with Crippen LogP contribution in [-0.4, -0.2) is 28.7 Å². The number of hydrogen-bond acceptors (Lipinski definition) is 5. The van der Waals surface area contributed by atoms with Crippen LogP contribution < -0.4 is 5.32 Å². The van der Waals surface area contributed by atoms with Gasteiger partial charge in [-0.15, -0.1) is 11.3 Å². The van der Waals surface area contributed by atoms with Crippen LogP contribution in [0, 0.1) is 0 Å². The molecule has 2 heterocycles. The molecule has 2 N–H and O–H groups in total. The molecule has 5 rings (SSSR count). The van der Waals surface area contributed by atoms with Gasteiger partial charge in [-0.2, -0.15) is 5.10 Å². The minimum absolute atomic E-state index is 0.121. The first-order chi connectivity index (χ1) is 15.6. The lowest BCUT2D eigenvalue weighted by Gasteiger charge is -2.06. The number of anilines is 1. The fourth-order valence-corrected chi connectivity index (χ4v) is 4.54. The number of esters is 1. The summed E-state index contributed by atoms with van der Waals surface area (Å²) in [5.41, 5.74) is 3.72. The van der Waals surface area contributed by atoms with Gasteiger partial charge in [-0.05, 0) is 59.8 Å². The number of H-pyrrole nitrogens is 1. The van der Waals surface area contributed by atoms with Crippen molar-refractivity contribution < 1.29 is 14.3 Å². The number of ether oxygens (including phenoxy) is 1. The van der Waals surface area contributed by atoms with E-state index in [1.54, 1.807) is 6.92 Å². The number of nitrogens with one attached hydrogen (secondary N) is 2. The van der Waals surface area contributed by atoms with E-state index in [1.165, 1.54) is 11.3 Å². The second-order valence-corrected chi connectivity index (χ2v) is 8.32. The highest BCUT2D eigenvalue weighted by atomic mass is 32.1. The summed E-state index contributed by atoms with van der Waals surface area (Å²) in [4.78, 5) is 25.3. The number of benzene rings is 3. The van der Waals surface area contributed by atoms with Gasteiger partial charge in [0.15, 0.2) is 5.69 Å². The Balaban J connectivity index is 1.34. The number of carbonyl (C=O) groups excluding carboxylic acids is 2. The molecule has 32 heavy (non-hydrogen) atoms. The largest absolute Gasteiger partial charge is 0.461 e. The van der Waals surface area contributed by atoms with Gasteiger partial charge >= 0.3 is 5.97 Å². The molecule has 0 aliphatic carbocycles. The van der Waals surface area contributed by atoms with Crippen molar-refractivity contribution in [3.05, 3.63) is 83.4 Å². The van der Waals surface area contributed by atoms with Crippen molar-refractivity contribution in [1.29, 1.82) is 0 Å². The summed E-state index contributed by atoms with van der Waals surface area (Å²) >= 11 is 1.48. The van der Waals surface area contributed by atoms with Gasteiger partial charge in [0, 0.05) is 15.8 Å². The number of amides is 1. The summed E-state index contributed by atoms with van der Waals surface area (Å²) in [5.74, 6) is -0.561. The smallest absolute Gasteiger partial charge is 0.359 e. The maximum absolute atomic E-state index is 12.6. The first-order valence-corrected chi connectivity index (χ1v) is 11.0. The van der Waals surface area contributed by atoms with Gasteiger partial charge < -0.3 is 10.1 Å². The molecular weight excluding hydrogens is 422 g/mol. The number of nitrogens with zero attached hydrogens (tertiary/aromatic N) is 1. The van der Waals surface area contributed by atoms with E-state index in [1.807, 2.05) is 72.8 Å². The predicted molar refractivity (Wildman–Crippen MR) is 127 cm³/mol. The lowest BCUT2D eigenvalue weighted by atomic mass is 10.0. The summed E-state index contributed by atoms with van der Waals surface area (Å²) < 4.78 is 6.14. The van der Waals surface area contributed by atoms with Gasteiger partial charge in [-0.3, -0.25) is 9.89 Å². The van der Waals surface area contributed by atoms with Crippen LogP contribution in [0.2, 0.25) is 0 Å². The second kappa shape index (κ2) is 8.28. The van der Waals surface area contributed by atoms with E-state index >= 15 is 0 Å². The molecule has 7 heteroatoms. The molecule has 0 bridgehead atoms. The van der Waals surface area contributed by atoms with Crippen LogP contribution in [0.15, 0.2) is 72.8 Å². The Labute approximate surface area is 187 Å². The zero-order valence-corrected chi connectivity index (χ0v) is 18.0. The molecule has 0 atom stereocenters. The van der Waals surface area contributed by atoms with Crippen LogP contribution in [0.5, 0.6) is 0 Å². The zero-order chi connectivity index (χ0) is 22.1. The molecule has 0 fully saturated rings. The highest BCUT2D eigenvalue weighted by molar-refractivity contribution is 7.20. The molecule has 5 aromatic rings. The summed E-state index contributed by atoms with van der Waals surface area (Å²) in [6.45, 7) is 2.07. The topological polar surface area (TPSA) is 84.1 Å². The molecule has 2 aromatic heterocycles. The third-order valence-electron chi connectivity index (χ3n) is 5.16. The van der Waals surface area contributed by atoms with Gasteiger partial charge in [0.2, 0.25) is 0 Å². The third kappa shape index (κ3) is 3.74. The second-order valence-electron chi connectivity index (χ2n) is 7.23. The SMILES string of the molecule is CCOC(=O)c1n[nH]c2cc(-c3ccc(NC(=O)c4cc5ccccc5s4)cc3)ccc12. The molecule has 6 nitrogen and oxygen atoms in total. The molecular formula is C25H19N3O3S. The monoisotopic (exact) mass is 441 g/mol. The number of aromatic nitrogens is 2. The molecule has 1 amide bonds. The van der Waals surface area contributed by atoms with Gasteiger partial charge in [-0.1, -0.05) is 36.4 Å². The Kier molecular flexibility index (Phi) is 5.17. The molecule has 0 spiro atoms. The number of thiophene rings is 1. The molecule has 0 unspecified atom stereocenters. The number of carbonyl (C=O) groups is 2. The Morgan fingerprint density at radius 3 is 2.56 bits per heavy atom. The van der Waals surface area contributed by atoms with E-state index in [4.69, 9.17) is 4.74 Å². The van der Waals surface area contributed by atoms with Gasteiger partial charge in [-0.25, -0.2) is 4.79 Å². The maximum atomic E-state index is 12.6. The van der Waals surface area contributed by atoms with Gasteiger partial charge in [0.05, 0.1) is 17.0 Å². The van der Waals surface area contributed by atoms with E-state index in [0.717, 1.165) is 37.8 Å². The van der Waals surface area contributed by atoms with Crippen LogP contribution in [-0.2, 0) is 4.74 Å². The molecule has 0 aliphatic rings. The van der Waals surface area contributed by atoms with Crippen LogP contribution in [0.4, 0.5) is 5.69 Å². The summed E-state index contributed by atoms with van der Waals surface area (Å²) in [6.07, 6.45) is 0. The summed E-state index contributed by atoms with van der Waals surface area (Å²) in [6, 6.07) is 23.2. The van der Waals surface area contributed by atoms with E-state index in [2.05, 4.69) is 15.5 Å². The van der Waals surface area contributed by atoms with Crippen molar-refractivity contribution in [2.24, 2.45) is 0 Å². The van der Waals surface area contributed by atoms with Crippen LogP contribution >= 0.6 is 11.3 Å². The Morgan fingerprint density at radius 1 is 1.00 bits per heavy atom. The summed E-state index contributed by atoms with van der Waals surface area (Å²) in [7, 11) is 0. The zero-order valence-electron chi connectivity index (χ0n) is 17.2. The van der Waals surface area contributed by atoms with Gasteiger partial charge in [0.1, 0.15) is 0 Å². The van der Waals surface area contributed by atoms with Crippen molar-refractivity contribution in [1.82, 2.24) is 10.2 Å². The van der Waals surface area contributed by atoms with Crippen molar-refractivity contribution in [3.8, 4) is 11.1 Å². The third-order valence-corrected chi connectivity index (χ3v) is 6.27. The van der Waals surface area contributed by atoms with Crippen molar-refractivity contribution in [2.75, 3.05) is 11.9 Å². The number of hydrogen-bond donors (Lipinski definition) is 2. The van der Waals surface area contributed by atoms with Crippen LogP contribution in [0.1, 0.15) is 27.1 Å². The average Bonchev–Trinajstić information content (AvgIpc) is 3.44. The normalized spacial score (nSPS) is 11.0. The van der Waals surface area contributed by atoms with E-state index in [-0.39, 0.29) is 11.6 Å². The van der Waals surface area contributed by atoms with Crippen molar-refractivity contribution in [2.45, 2.75) is 6.92 Å². The van der Waals surface area contributed by atoms with Gasteiger partial charge in [0.25, 0.3) is 5.91 Å². The summed E-state index contributed by atoms with van der Waals surface area (Å²) in [5, 5.41) is 11.7. The minimum atomic E-state index is -0.440. The predicted octanol–water partition coefficient (Wildman–Crippen LogP) is 5.87. The van der Waals surface area contributed by atoms with Crippen molar-refractivity contribution in [3.63, 3.8) is 0 Å². The number of rotatable bonds is 5. The van der Waals surface area contributed by atoms with Crippen LogP contribution in [0.3, 0.4) is 0 Å². The lowest BCUT2D eigenvalue weighted by molar-refractivity contribution is 0.0521. The Morgan fingerprint density at radius 2 is 1.78 bits per heavy atom. The van der Waals surface area contributed by atoms with E-state index in [0.29, 0.717) is 11.5 Å². The van der Waals surface area contributed by atoms with Crippen molar-refractivity contribution >= 4 is 49.9 Å². The highest BCUT2D eigenvalue weighted by Crippen LogP contribution is 2.28. The molecule has 0 saturated carbocycles. The fraction of sp³-hybridized carbons (Fsp3) is 0.0800. The maximum Gasteiger partial charge on any atom is 0.359 e. The van der Waals surface area contributed by atoms with E-state index < -0.39 is 5.97 Å². The Bertz CT molecular complexity index is 1420. The average molecular weight is 442 g/mol. The number of aromatic amines is 1. The molecule has 158 valence electrons. The molecule has 0 saturated heterocycles. The first kappa shape index (κ1) is 20.0. The Hall–Kier alpha value is -3.97.